The summed E-state index contributed by atoms with van der Waals surface area (Å²) in [6.07, 6.45) is 3.34. The zero-order valence-corrected chi connectivity index (χ0v) is 14.2. The first-order chi connectivity index (χ1) is 11.1. The third-order valence-electron chi connectivity index (χ3n) is 4.26. The van der Waals surface area contributed by atoms with Crippen LogP contribution in [0.4, 0.5) is 0 Å². The smallest absolute Gasteiger partial charge is 0.253 e. The lowest BCUT2D eigenvalue weighted by atomic mass is 9.90. The van der Waals surface area contributed by atoms with Crippen LogP contribution in [0.5, 0.6) is 0 Å². The van der Waals surface area contributed by atoms with Crippen molar-refractivity contribution < 1.29 is 4.79 Å². The maximum Gasteiger partial charge on any atom is 0.253 e. The fraction of sp³-hybridized carbons (Fsp3) is 0.389. The van der Waals surface area contributed by atoms with Gasteiger partial charge in [0, 0.05) is 30.0 Å². The normalized spacial score (nSPS) is 16.5. The Labute approximate surface area is 140 Å². The minimum Gasteiger partial charge on any atom is -0.341 e. The number of nitriles is 1. The summed E-state index contributed by atoms with van der Waals surface area (Å²) in [5.41, 5.74) is 2.26. The van der Waals surface area contributed by atoms with Gasteiger partial charge in [-0.1, -0.05) is 6.07 Å². The second-order valence-electron chi connectivity index (χ2n) is 6.01. The topological polar surface area (TPSA) is 57.0 Å². The van der Waals surface area contributed by atoms with E-state index in [1.807, 2.05) is 14.0 Å². The summed E-state index contributed by atoms with van der Waals surface area (Å²) < 4.78 is 0. The number of aryl methyl sites for hydroxylation is 2. The van der Waals surface area contributed by atoms with Gasteiger partial charge in [-0.3, -0.25) is 4.79 Å². The minimum absolute atomic E-state index is 0.0406. The Balaban J connectivity index is 1.75. The molecule has 1 aromatic carbocycles. The number of carbonyl (C=O) groups is 1. The van der Waals surface area contributed by atoms with Gasteiger partial charge in [0.1, 0.15) is 0 Å². The molecular weight excluding hydrogens is 306 g/mol. The van der Waals surface area contributed by atoms with Gasteiger partial charge in [-0.25, -0.2) is 4.98 Å². The van der Waals surface area contributed by atoms with Crippen LogP contribution in [0.15, 0.2) is 24.3 Å². The summed E-state index contributed by atoms with van der Waals surface area (Å²) in [6, 6.07) is 8.96. The summed E-state index contributed by atoms with van der Waals surface area (Å²) in [5, 5.41) is 10.1. The molecule has 23 heavy (non-hydrogen) atoms. The Morgan fingerprint density at radius 3 is 3.13 bits per heavy atom. The van der Waals surface area contributed by atoms with Crippen LogP contribution >= 0.6 is 11.3 Å². The van der Waals surface area contributed by atoms with Crippen molar-refractivity contribution in [3.63, 3.8) is 0 Å². The van der Waals surface area contributed by atoms with Crippen molar-refractivity contribution in [2.75, 3.05) is 13.6 Å². The molecule has 1 amide bonds. The maximum absolute atomic E-state index is 12.6. The minimum atomic E-state index is -0.0406. The van der Waals surface area contributed by atoms with Crippen molar-refractivity contribution in [2.45, 2.75) is 32.1 Å². The van der Waals surface area contributed by atoms with Gasteiger partial charge in [0.25, 0.3) is 5.91 Å². The number of hydrogen-bond donors (Lipinski definition) is 0. The fourth-order valence-corrected chi connectivity index (χ4v) is 4.23. The van der Waals surface area contributed by atoms with Crippen LogP contribution in [-0.2, 0) is 6.42 Å². The van der Waals surface area contributed by atoms with Crippen LogP contribution in [0, 0.1) is 18.3 Å². The number of likely N-dealkylation sites (N-methyl/N-ethyl adjacent to an activating group) is 1. The molecule has 0 fully saturated rings. The average molecular weight is 325 g/mol. The largest absolute Gasteiger partial charge is 0.341 e. The molecule has 0 N–H and O–H groups in total. The van der Waals surface area contributed by atoms with Crippen LogP contribution in [-0.4, -0.2) is 29.4 Å². The summed E-state index contributed by atoms with van der Waals surface area (Å²) >= 11 is 1.78. The number of rotatable bonds is 3. The van der Waals surface area contributed by atoms with Crippen LogP contribution in [0.25, 0.3) is 0 Å². The fourth-order valence-electron chi connectivity index (χ4n) is 3.16. The van der Waals surface area contributed by atoms with Crippen molar-refractivity contribution >= 4 is 17.2 Å². The molecule has 1 aliphatic rings. The van der Waals surface area contributed by atoms with Crippen LogP contribution < -0.4 is 0 Å². The lowest BCUT2D eigenvalue weighted by Gasteiger charge is -2.26. The first-order valence-electron chi connectivity index (χ1n) is 7.80. The number of aromatic nitrogens is 1. The number of nitrogens with zero attached hydrogens (tertiary/aromatic N) is 3. The van der Waals surface area contributed by atoms with Crippen molar-refractivity contribution in [3.05, 3.63) is 51.0 Å². The molecule has 5 heteroatoms. The number of fused-ring (bicyclic) bond motifs is 1. The van der Waals surface area contributed by atoms with Crippen molar-refractivity contribution in [1.82, 2.24) is 9.88 Å². The Hall–Kier alpha value is -2.19. The van der Waals surface area contributed by atoms with E-state index in [4.69, 9.17) is 5.26 Å². The second kappa shape index (κ2) is 6.51. The number of carbonyl (C=O) groups excluding carboxylic acids is 1. The van der Waals surface area contributed by atoms with Gasteiger partial charge >= 0.3 is 0 Å². The van der Waals surface area contributed by atoms with E-state index in [0.717, 1.165) is 24.3 Å². The summed E-state index contributed by atoms with van der Waals surface area (Å²) in [4.78, 5) is 20.4. The highest BCUT2D eigenvalue weighted by atomic mass is 32.1. The third kappa shape index (κ3) is 3.27. The molecule has 0 radical (unpaired) electrons. The second-order valence-corrected chi connectivity index (χ2v) is 7.30. The van der Waals surface area contributed by atoms with Gasteiger partial charge in [-0.15, -0.1) is 11.3 Å². The van der Waals surface area contributed by atoms with E-state index in [1.54, 1.807) is 40.5 Å². The van der Waals surface area contributed by atoms with E-state index >= 15 is 0 Å². The predicted octanol–water partition coefficient (Wildman–Crippen LogP) is 3.52. The number of benzene rings is 1. The number of hydrogen-bond acceptors (Lipinski definition) is 4. The first-order valence-corrected chi connectivity index (χ1v) is 8.62. The molecule has 3 rings (SSSR count). The van der Waals surface area contributed by atoms with E-state index in [2.05, 4.69) is 11.1 Å². The predicted molar refractivity (Wildman–Crippen MR) is 90.6 cm³/mol. The Morgan fingerprint density at radius 1 is 1.52 bits per heavy atom. The number of thiazole rings is 1. The van der Waals surface area contributed by atoms with Gasteiger partial charge in [0.05, 0.1) is 22.3 Å². The van der Waals surface area contributed by atoms with Crippen LogP contribution in [0.2, 0.25) is 0 Å². The van der Waals surface area contributed by atoms with Gasteiger partial charge < -0.3 is 4.90 Å². The van der Waals surface area contributed by atoms with Crippen molar-refractivity contribution in [2.24, 2.45) is 0 Å². The highest BCUT2D eigenvalue weighted by Crippen LogP contribution is 2.35. The first kappa shape index (κ1) is 15.7. The lowest BCUT2D eigenvalue weighted by molar-refractivity contribution is 0.0783. The van der Waals surface area contributed by atoms with Gasteiger partial charge in [-0.05, 0) is 44.4 Å². The zero-order chi connectivity index (χ0) is 16.4. The summed E-state index contributed by atoms with van der Waals surface area (Å²) in [6.45, 7) is 2.72. The van der Waals surface area contributed by atoms with Crippen molar-refractivity contribution in [3.8, 4) is 6.07 Å². The van der Waals surface area contributed by atoms with E-state index in [-0.39, 0.29) is 5.91 Å². The van der Waals surface area contributed by atoms with E-state index in [0.29, 0.717) is 23.6 Å². The van der Waals surface area contributed by atoms with E-state index < -0.39 is 0 Å². The number of amides is 1. The molecule has 0 saturated carbocycles. The molecule has 1 heterocycles. The highest BCUT2D eigenvalue weighted by molar-refractivity contribution is 7.11. The molecule has 1 unspecified atom stereocenters. The van der Waals surface area contributed by atoms with Gasteiger partial charge in [0.2, 0.25) is 0 Å². The molecule has 4 nitrogen and oxygen atoms in total. The monoisotopic (exact) mass is 325 g/mol. The average Bonchev–Trinajstić information content (AvgIpc) is 2.95. The van der Waals surface area contributed by atoms with E-state index in [9.17, 15) is 4.79 Å². The summed E-state index contributed by atoms with van der Waals surface area (Å²) in [5.74, 6) is 0.276. The Bertz CT molecular complexity index is 775. The molecule has 1 atom stereocenters. The third-order valence-corrected chi connectivity index (χ3v) is 5.30. The quantitative estimate of drug-likeness (QED) is 0.867. The van der Waals surface area contributed by atoms with E-state index in [1.165, 1.54) is 10.6 Å². The molecule has 118 valence electrons. The molecule has 0 aliphatic heterocycles. The lowest BCUT2D eigenvalue weighted by Crippen LogP contribution is -2.32. The standard InChI is InChI=1S/C18H19N3OS/c1-12-20-17-15(7-4-8-16(17)23-12)11-21(2)18(22)14-6-3-5-13(9-14)10-19/h3,5-6,9,15H,4,7-8,11H2,1-2H3. The van der Waals surface area contributed by atoms with Crippen LogP contribution in [0.3, 0.4) is 0 Å². The zero-order valence-electron chi connectivity index (χ0n) is 13.4. The molecule has 1 aromatic heterocycles. The molecule has 0 saturated heterocycles. The summed E-state index contributed by atoms with van der Waals surface area (Å²) in [7, 11) is 1.83. The molecule has 2 aromatic rings. The van der Waals surface area contributed by atoms with Gasteiger partial charge in [-0.2, -0.15) is 5.26 Å². The SMILES string of the molecule is Cc1nc2c(s1)CCCC2CN(C)C(=O)c1cccc(C#N)c1. The Kier molecular flexibility index (Phi) is 4.44. The molecule has 0 spiro atoms. The highest BCUT2D eigenvalue weighted by Gasteiger charge is 2.26. The maximum atomic E-state index is 12.6. The van der Waals surface area contributed by atoms with Crippen LogP contribution in [0.1, 0.15) is 50.3 Å². The molecule has 0 bridgehead atoms. The van der Waals surface area contributed by atoms with Gasteiger partial charge in [0.15, 0.2) is 0 Å². The van der Waals surface area contributed by atoms with Crippen molar-refractivity contribution in [1.29, 1.82) is 5.26 Å². The molecular formula is C18H19N3OS. The molecule has 1 aliphatic carbocycles. The Morgan fingerprint density at radius 2 is 2.35 bits per heavy atom.